The summed E-state index contributed by atoms with van der Waals surface area (Å²) in [5, 5.41) is -5.67. The van der Waals surface area contributed by atoms with Gasteiger partial charge in [-0.3, -0.25) is 4.18 Å². The molecule has 0 bridgehead atoms. The molecule has 0 aliphatic rings. The summed E-state index contributed by atoms with van der Waals surface area (Å²) in [5.41, 5.74) is 0.287. The first-order chi connectivity index (χ1) is 11.6. The molecule has 0 rings (SSSR count). The minimum absolute atomic E-state index is 0.0836. The van der Waals surface area contributed by atoms with Crippen molar-refractivity contribution in [2.75, 3.05) is 6.61 Å². The fraction of sp³-hybridized carbons (Fsp3) is 1.00. The monoisotopic (exact) mass is 414 g/mol. The lowest BCUT2D eigenvalue weighted by atomic mass is 9.89. The third-order valence-electron chi connectivity index (χ3n) is 3.73. The first kappa shape index (κ1) is 25.5. The summed E-state index contributed by atoms with van der Waals surface area (Å²) in [7, 11) is -5.99. The Morgan fingerprint density at radius 2 is 1.23 bits per heavy atom. The second kappa shape index (κ2) is 10.1. The van der Waals surface area contributed by atoms with Gasteiger partial charge in [0.1, 0.15) is 0 Å². The van der Waals surface area contributed by atoms with Crippen molar-refractivity contribution >= 4 is 10.1 Å². The summed E-state index contributed by atoms with van der Waals surface area (Å²) in [6.07, 6.45) is -4.38. The van der Waals surface area contributed by atoms with E-state index in [4.69, 9.17) is 0 Å². The Bertz CT molecular complexity index is 497. The van der Waals surface area contributed by atoms with Crippen molar-refractivity contribution in [1.29, 1.82) is 0 Å². The van der Waals surface area contributed by atoms with E-state index in [0.29, 0.717) is 6.42 Å². The van der Waals surface area contributed by atoms with E-state index in [1.165, 1.54) is 0 Å². The summed E-state index contributed by atoms with van der Waals surface area (Å²) < 4.78 is 101. The van der Waals surface area contributed by atoms with Crippen LogP contribution in [0, 0.1) is 5.41 Å². The third kappa shape index (κ3) is 9.43. The zero-order valence-electron chi connectivity index (χ0n) is 15.3. The van der Waals surface area contributed by atoms with Crippen molar-refractivity contribution < 1.29 is 38.9 Å². The second-order valence-corrected chi connectivity index (χ2v) is 9.22. The fourth-order valence-electron chi connectivity index (χ4n) is 2.21. The third-order valence-corrected chi connectivity index (χ3v) is 5.08. The predicted octanol–water partition coefficient (Wildman–Crippen LogP) is 5.99. The molecule has 1 atom stereocenters. The van der Waals surface area contributed by atoms with Crippen LogP contribution in [-0.4, -0.2) is 32.6 Å². The average molecular weight is 414 g/mol. The largest absolute Gasteiger partial charge is 0.426 e. The summed E-state index contributed by atoms with van der Waals surface area (Å²) >= 11 is 0. The van der Waals surface area contributed by atoms with Crippen LogP contribution in [0.2, 0.25) is 0 Å². The van der Waals surface area contributed by atoms with Gasteiger partial charge in [-0.1, -0.05) is 59.3 Å². The topological polar surface area (TPSA) is 43.4 Å². The Balaban J connectivity index is 4.00. The van der Waals surface area contributed by atoms with Gasteiger partial charge < -0.3 is 0 Å². The van der Waals surface area contributed by atoms with Crippen LogP contribution in [0.25, 0.3) is 0 Å². The molecule has 1 unspecified atom stereocenters. The molecule has 0 N–H and O–H groups in total. The smallest absolute Gasteiger partial charge is 0.265 e. The van der Waals surface area contributed by atoms with Crippen LogP contribution in [0.5, 0.6) is 0 Å². The molecule has 0 amide bonds. The van der Waals surface area contributed by atoms with E-state index in [2.05, 4.69) is 25.0 Å². The molecule has 26 heavy (non-hydrogen) atoms. The Hall–Kier alpha value is -0.510. The molecule has 0 heterocycles. The highest BCUT2D eigenvalue weighted by molar-refractivity contribution is 7.87. The van der Waals surface area contributed by atoms with Gasteiger partial charge in [-0.25, -0.2) is 4.39 Å². The van der Waals surface area contributed by atoms with Crippen LogP contribution < -0.4 is 0 Å². The summed E-state index contributed by atoms with van der Waals surface area (Å²) in [5.74, 6) is 0. The van der Waals surface area contributed by atoms with E-state index in [1.807, 2.05) is 0 Å². The molecule has 0 radical (unpaired) electrons. The molecule has 10 heteroatoms. The Kier molecular flexibility index (Phi) is 9.95. The van der Waals surface area contributed by atoms with Gasteiger partial charge in [-0.2, -0.15) is 30.4 Å². The van der Waals surface area contributed by atoms with Crippen molar-refractivity contribution in [1.82, 2.24) is 0 Å². The minimum Gasteiger partial charge on any atom is -0.265 e. The van der Waals surface area contributed by atoms with Gasteiger partial charge in [-0.05, 0) is 18.3 Å². The molecule has 158 valence electrons. The lowest BCUT2D eigenvalue weighted by Gasteiger charge is -2.21. The summed E-state index contributed by atoms with van der Waals surface area (Å²) in [4.78, 5) is 0. The Labute approximate surface area is 151 Å². The number of alkyl halides is 6. The van der Waals surface area contributed by atoms with Crippen LogP contribution in [0.3, 0.4) is 0 Å². The SMILES string of the molecule is CC(C)(C)CCCCCCCCCOS(=O)(=O)C(F)(F)C(F)C(F)(F)F. The van der Waals surface area contributed by atoms with Crippen LogP contribution in [0.4, 0.5) is 26.3 Å². The number of halogens is 6. The molecule has 0 aliphatic heterocycles. The lowest BCUT2D eigenvalue weighted by Crippen LogP contribution is -2.47. The molecular weight excluding hydrogens is 386 g/mol. The number of hydrogen-bond acceptors (Lipinski definition) is 3. The number of hydrogen-bond donors (Lipinski definition) is 0. The second-order valence-electron chi connectivity index (χ2n) is 7.53. The van der Waals surface area contributed by atoms with Crippen molar-refractivity contribution in [3.63, 3.8) is 0 Å². The predicted molar refractivity (Wildman–Crippen MR) is 87.2 cm³/mol. The molecule has 0 aromatic rings. The van der Waals surface area contributed by atoms with Gasteiger partial charge >= 0.3 is 21.5 Å². The van der Waals surface area contributed by atoms with E-state index in [-0.39, 0.29) is 11.8 Å². The van der Waals surface area contributed by atoms with Gasteiger partial charge in [0, 0.05) is 0 Å². The average Bonchev–Trinajstić information content (AvgIpc) is 2.46. The molecule has 0 fully saturated rings. The van der Waals surface area contributed by atoms with Crippen LogP contribution in [0.15, 0.2) is 0 Å². The normalized spacial score (nSPS) is 15.3. The first-order valence-corrected chi connectivity index (χ1v) is 10.00. The Morgan fingerprint density at radius 1 is 0.808 bits per heavy atom. The van der Waals surface area contributed by atoms with E-state index in [9.17, 15) is 34.8 Å². The highest BCUT2D eigenvalue weighted by atomic mass is 32.2. The molecular formula is C16H28F6O3S. The van der Waals surface area contributed by atoms with Crippen molar-refractivity contribution in [2.45, 2.75) is 89.7 Å². The first-order valence-electron chi connectivity index (χ1n) is 8.59. The van der Waals surface area contributed by atoms with E-state index in [0.717, 1.165) is 38.5 Å². The number of rotatable bonds is 12. The van der Waals surface area contributed by atoms with Crippen LogP contribution in [0.1, 0.15) is 72.1 Å². The van der Waals surface area contributed by atoms with Crippen molar-refractivity contribution in [3.05, 3.63) is 0 Å². The van der Waals surface area contributed by atoms with Crippen molar-refractivity contribution in [2.24, 2.45) is 5.41 Å². The maximum atomic E-state index is 13.1. The van der Waals surface area contributed by atoms with Gasteiger partial charge in [0.05, 0.1) is 6.61 Å². The number of unbranched alkanes of at least 4 members (excludes halogenated alkanes) is 6. The minimum atomic E-state index is -5.99. The van der Waals surface area contributed by atoms with Crippen LogP contribution in [-0.2, 0) is 14.3 Å². The maximum Gasteiger partial charge on any atom is 0.426 e. The van der Waals surface area contributed by atoms with Gasteiger partial charge in [0.25, 0.3) is 6.17 Å². The zero-order chi connectivity index (χ0) is 20.6. The summed E-state index contributed by atoms with van der Waals surface area (Å²) in [6, 6.07) is 0. The molecule has 0 aliphatic carbocycles. The van der Waals surface area contributed by atoms with Gasteiger partial charge in [0.2, 0.25) is 0 Å². The van der Waals surface area contributed by atoms with E-state index in [1.54, 1.807) is 0 Å². The van der Waals surface area contributed by atoms with Gasteiger partial charge in [-0.15, -0.1) is 0 Å². The van der Waals surface area contributed by atoms with Crippen LogP contribution >= 0.6 is 0 Å². The maximum absolute atomic E-state index is 13.1. The van der Waals surface area contributed by atoms with Crippen molar-refractivity contribution in [3.8, 4) is 0 Å². The lowest BCUT2D eigenvalue weighted by molar-refractivity contribution is -0.223. The zero-order valence-corrected chi connectivity index (χ0v) is 16.2. The molecule has 0 aromatic heterocycles. The summed E-state index contributed by atoms with van der Waals surface area (Å²) in [6.45, 7) is 5.77. The molecule has 3 nitrogen and oxygen atoms in total. The highest BCUT2D eigenvalue weighted by Gasteiger charge is 2.65. The molecule has 0 saturated heterocycles. The Morgan fingerprint density at radius 3 is 1.65 bits per heavy atom. The van der Waals surface area contributed by atoms with Gasteiger partial charge in [0.15, 0.2) is 0 Å². The molecule has 0 spiro atoms. The molecule has 0 aromatic carbocycles. The van der Waals surface area contributed by atoms with E-state index >= 15 is 0 Å². The quantitative estimate of drug-likeness (QED) is 0.224. The highest BCUT2D eigenvalue weighted by Crippen LogP contribution is 2.39. The fourth-order valence-corrected chi connectivity index (χ4v) is 3.09. The van der Waals surface area contributed by atoms with E-state index < -0.39 is 34.3 Å². The molecule has 0 saturated carbocycles. The standard InChI is InChI=1S/C16H28F6O3S/c1-14(2,3)11-9-7-5-4-6-8-10-12-25-26(23,24)16(21,22)13(17)15(18,19)20/h13H,4-12H2,1-3H3.